The van der Waals surface area contributed by atoms with Gasteiger partial charge in [-0.15, -0.1) is 11.3 Å². The lowest BCUT2D eigenvalue weighted by molar-refractivity contribution is -0.123. The van der Waals surface area contributed by atoms with Crippen molar-refractivity contribution in [1.82, 2.24) is 10.3 Å². The summed E-state index contributed by atoms with van der Waals surface area (Å²) in [6.45, 7) is 0.358. The molecule has 3 aromatic rings. The van der Waals surface area contributed by atoms with E-state index in [4.69, 9.17) is 0 Å². The predicted octanol–water partition coefficient (Wildman–Crippen LogP) is 3.34. The number of thiazole rings is 1. The van der Waals surface area contributed by atoms with Gasteiger partial charge in [0, 0.05) is 24.3 Å². The van der Waals surface area contributed by atoms with E-state index in [9.17, 15) is 18.2 Å². The zero-order valence-corrected chi connectivity index (χ0v) is 18.0. The van der Waals surface area contributed by atoms with Crippen LogP contribution in [-0.4, -0.2) is 32.6 Å². The van der Waals surface area contributed by atoms with E-state index in [1.807, 2.05) is 12.1 Å². The third-order valence-corrected chi connectivity index (χ3v) is 7.90. The van der Waals surface area contributed by atoms with E-state index in [-0.39, 0.29) is 35.1 Å². The van der Waals surface area contributed by atoms with Gasteiger partial charge in [-0.25, -0.2) is 13.6 Å². The number of halogens is 1. The average Bonchev–Trinajstić information content (AvgIpc) is 3.33. The highest BCUT2D eigenvalue weighted by molar-refractivity contribution is 8.11. The number of amides is 2. The van der Waals surface area contributed by atoms with Crippen LogP contribution in [0.1, 0.15) is 6.42 Å². The Morgan fingerprint density at radius 2 is 2.03 bits per heavy atom. The first-order chi connectivity index (χ1) is 14.5. The molecule has 2 aromatic carbocycles. The molecular formula is C19H17FN4O3S3. The molecule has 0 bridgehead atoms. The van der Waals surface area contributed by atoms with Crippen molar-refractivity contribution in [2.45, 2.75) is 10.8 Å². The van der Waals surface area contributed by atoms with Gasteiger partial charge in [-0.1, -0.05) is 11.8 Å². The molecule has 2 amide bonds. The van der Waals surface area contributed by atoms with Crippen molar-refractivity contribution in [3.63, 3.8) is 0 Å². The van der Waals surface area contributed by atoms with Crippen molar-refractivity contribution in [3.8, 4) is 0 Å². The molecular weight excluding hydrogens is 447 g/mol. The number of nitrogens with one attached hydrogen (secondary N) is 3. The fraction of sp³-hybridized carbons (Fsp3) is 0.211. The van der Waals surface area contributed by atoms with Crippen molar-refractivity contribution in [3.05, 3.63) is 48.3 Å². The van der Waals surface area contributed by atoms with Gasteiger partial charge in [0.2, 0.25) is 11.8 Å². The van der Waals surface area contributed by atoms with E-state index < -0.39 is 11.0 Å². The van der Waals surface area contributed by atoms with Gasteiger partial charge in [0.1, 0.15) is 16.8 Å². The Morgan fingerprint density at radius 3 is 2.77 bits per heavy atom. The number of anilines is 2. The van der Waals surface area contributed by atoms with Crippen molar-refractivity contribution < 1.29 is 18.2 Å². The standard InChI is InChI=1S/C19H17FN4O3S3/c20-12-1-3-13(4-2-12)24-30(27)10-28-19-23-15-6-5-14(8-16(15)29-19)22-18(26)11-7-17(25)21-9-11/h1-6,8,11,24H,7,9-10H2,(H,21,25)(H,22,26). The molecule has 0 aliphatic carbocycles. The number of benzene rings is 2. The molecule has 2 unspecified atom stereocenters. The van der Waals surface area contributed by atoms with Gasteiger partial charge < -0.3 is 15.4 Å². The number of hydrogen-bond acceptors (Lipinski definition) is 6. The second-order valence-electron chi connectivity index (χ2n) is 6.57. The Balaban J connectivity index is 1.35. The van der Waals surface area contributed by atoms with Gasteiger partial charge in [0.05, 0.1) is 21.2 Å². The van der Waals surface area contributed by atoms with E-state index in [1.54, 1.807) is 6.07 Å². The van der Waals surface area contributed by atoms with Crippen LogP contribution < -0.4 is 15.4 Å². The van der Waals surface area contributed by atoms with Crippen LogP contribution in [-0.2, 0) is 20.6 Å². The van der Waals surface area contributed by atoms with E-state index in [1.165, 1.54) is 47.4 Å². The lowest BCUT2D eigenvalue weighted by Gasteiger charge is -2.08. The Kier molecular flexibility index (Phi) is 6.30. The Bertz CT molecular complexity index is 1120. The summed E-state index contributed by atoms with van der Waals surface area (Å²) in [4.78, 5) is 28.1. The van der Waals surface area contributed by atoms with Crippen LogP contribution in [0.2, 0.25) is 0 Å². The van der Waals surface area contributed by atoms with Crippen LogP contribution in [0.3, 0.4) is 0 Å². The van der Waals surface area contributed by atoms with Crippen molar-refractivity contribution in [1.29, 1.82) is 0 Å². The van der Waals surface area contributed by atoms with E-state index in [0.29, 0.717) is 17.9 Å². The van der Waals surface area contributed by atoms with Crippen LogP contribution in [0, 0.1) is 11.7 Å². The average molecular weight is 465 g/mol. The highest BCUT2D eigenvalue weighted by Crippen LogP contribution is 2.32. The lowest BCUT2D eigenvalue weighted by Crippen LogP contribution is -2.24. The summed E-state index contributed by atoms with van der Waals surface area (Å²) >= 11 is 2.80. The Labute approximate surface area is 182 Å². The van der Waals surface area contributed by atoms with Crippen molar-refractivity contribution in [2.75, 3.05) is 21.7 Å². The first kappa shape index (κ1) is 20.8. The highest BCUT2D eigenvalue weighted by Gasteiger charge is 2.27. The third kappa shape index (κ3) is 5.15. The predicted molar refractivity (Wildman–Crippen MR) is 118 cm³/mol. The summed E-state index contributed by atoms with van der Waals surface area (Å²) in [6, 6.07) is 11.1. The molecule has 1 aliphatic heterocycles. The molecule has 1 saturated heterocycles. The fourth-order valence-electron chi connectivity index (χ4n) is 2.86. The summed E-state index contributed by atoms with van der Waals surface area (Å²) in [6.07, 6.45) is 0.207. The van der Waals surface area contributed by atoms with Gasteiger partial charge in [-0.2, -0.15) is 0 Å². The number of aromatic nitrogens is 1. The number of nitrogens with zero attached hydrogens (tertiary/aromatic N) is 1. The molecule has 4 rings (SSSR count). The molecule has 7 nitrogen and oxygen atoms in total. The van der Waals surface area contributed by atoms with Crippen LogP contribution in [0.5, 0.6) is 0 Å². The highest BCUT2D eigenvalue weighted by atomic mass is 32.2. The molecule has 2 atom stereocenters. The topological polar surface area (TPSA) is 100 Å². The van der Waals surface area contributed by atoms with Crippen LogP contribution in [0.15, 0.2) is 46.8 Å². The SMILES string of the molecule is O=C1CC(C(=O)Nc2ccc3nc(SCS(=O)Nc4ccc(F)cc4)sc3c2)CN1. The van der Waals surface area contributed by atoms with Crippen molar-refractivity contribution in [2.24, 2.45) is 5.92 Å². The summed E-state index contributed by atoms with van der Waals surface area (Å²) in [5.41, 5.74) is 2.02. The monoisotopic (exact) mass is 464 g/mol. The van der Waals surface area contributed by atoms with E-state index in [0.717, 1.165) is 14.6 Å². The Hall–Kier alpha value is -2.50. The quantitative estimate of drug-likeness (QED) is 0.466. The second-order valence-corrected chi connectivity index (χ2v) is 10.4. The number of carbonyl (C=O) groups is 2. The zero-order chi connectivity index (χ0) is 21.1. The normalized spacial score (nSPS) is 17.0. The number of carbonyl (C=O) groups excluding carboxylic acids is 2. The molecule has 156 valence electrons. The van der Waals surface area contributed by atoms with Gasteiger partial charge in [0.15, 0.2) is 4.34 Å². The van der Waals surface area contributed by atoms with E-state index in [2.05, 4.69) is 20.3 Å². The number of fused-ring (bicyclic) bond motifs is 1. The largest absolute Gasteiger partial charge is 0.355 e. The maximum atomic E-state index is 12.9. The van der Waals surface area contributed by atoms with Gasteiger partial charge >= 0.3 is 0 Å². The minimum Gasteiger partial charge on any atom is -0.355 e. The summed E-state index contributed by atoms with van der Waals surface area (Å²) in [5, 5.41) is 5.78. The second kappa shape index (κ2) is 9.11. The first-order valence-electron chi connectivity index (χ1n) is 8.98. The van der Waals surface area contributed by atoms with Gasteiger partial charge in [-0.3, -0.25) is 9.59 Å². The zero-order valence-electron chi connectivity index (χ0n) is 15.5. The molecule has 0 spiro atoms. The fourth-order valence-corrected chi connectivity index (χ4v) is 6.16. The molecule has 2 heterocycles. The van der Waals surface area contributed by atoms with E-state index >= 15 is 0 Å². The molecule has 3 N–H and O–H groups in total. The molecule has 0 saturated carbocycles. The molecule has 1 aliphatic rings. The lowest BCUT2D eigenvalue weighted by atomic mass is 10.1. The summed E-state index contributed by atoms with van der Waals surface area (Å²) < 4.78 is 29.6. The third-order valence-electron chi connectivity index (χ3n) is 4.35. The summed E-state index contributed by atoms with van der Waals surface area (Å²) in [7, 11) is -1.35. The number of hydrogen-bond donors (Lipinski definition) is 3. The minimum absolute atomic E-state index is 0.110. The molecule has 1 aromatic heterocycles. The minimum atomic E-state index is -1.35. The maximum absolute atomic E-state index is 12.9. The van der Waals surface area contributed by atoms with Crippen LogP contribution in [0.25, 0.3) is 10.2 Å². The molecule has 11 heteroatoms. The Morgan fingerprint density at radius 1 is 1.27 bits per heavy atom. The maximum Gasteiger partial charge on any atom is 0.229 e. The van der Waals surface area contributed by atoms with Crippen LogP contribution in [0.4, 0.5) is 15.8 Å². The summed E-state index contributed by atoms with van der Waals surface area (Å²) in [5.74, 6) is -1.00. The smallest absolute Gasteiger partial charge is 0.229 e. The van der Waals surface area contributed by atoms with Gasteiger partial charge in [0.25, 0.3) is 0 Å². The molecule has 0 radical (unpaired) electrons. The van der Waals surface area contributed by atoms with Gasteiger partial charge in [-0.05, 0) is 42.5 Å². The number of rotatable bonds is 7. The van der Waals surface area contributed by atoms with Crippen molar-refractivity contribution >= 4 is 67.5 Å². The number of thioether (sulfide) groups is 1. The van der Waals surface area contributed by atoms with Crippen LogP contribution >= 0.6 is 23.1 Å². The molecule has 1 fully saturated rings. The first-order valence-corrected chi connectivity index (χ1v) is 12.1. The molecule has 30 heavy (non-hydrogen) atoms.